The van der Waals surface area contributed by atoms with E-state index < -0.39 is 0 Å². The average Bonchev–Trinajstić information content (AvgIpc) is 2.67. The molecular weight excluding hydrogens is 364 g/mol. The summed E-state index contributed by atoms with van der Waals surface area (Å²) < 4.78 is 0. The van der Waals surface area contributed by atoms with Crippen LogP contribution < -0.4 is 4.90 Å². The fourth-order valence-corrected chi connectivity index (χ4v) is 4.44. The maximum atomic E-state index is 12.8. The van der Waals surface area contributed by atoms with Crippen molar-refractivity contribution < 1.29 is 4.79 Å². The zero-order valence-electron chi connectivity index (χ0n) is 15.3. The first-order valence-corrected chi connectivity index (χ1v) is 10.4. The lowest BCUT2D eigenvalue weighted by Gasteiger charge is -2.37. The summed E-state index contributed by atoms with van der Waals surface area (Å²) in [6.45, 7) is 7.45. The van der Waals surface area contributed by atoms with Crippen LogP contribution in [0.4, 0.5) is 5.69 Å². The smallest absolute Gasteiger partial charge is 0.235 e. The van der Waals surface area contributed by atoms with Gasteiger partial charge >= 0.3 is 0 Å². The van der Waals surface area contributed by atoms with Crippen molar-refractivity contribution in [3.63, 3.8) is 0 Å². The van der Waals surface area contributed by atoms with Gasteiger partial charge in [0.25, 0.3) is 0 Å². The molecule has 1 fully saturated rings. The second-order valence-electron chi connectivity index (χ2n) is 6.55. The number of carbonyl (C=O) groups excluding carboxylic acids is 1. The number of aryl methyl sites for hydroxylation is 1. The number of anilines is 1. The molecule has 0 spiro atoms. The van der Waals surface area contributed by atoms with Crippen LogP contribution in [0.15, 0.2) is 53.4 Å². The van der Waals surface area contributed by atoms with Crippen molar-refractivity contribution in [2.45, 2.75) is 30.4 Å². The lowest BCUT2D eigenvalue weighted by atomic mass is 10.1. The van der Waals surface area contributed by atoms with Gasteiger partial charge in [0.1, 0.15) is 0 Å². The Morgan fingerprint density at radius 3 is 2.42 bits per heavy atom. The maximum absolute atomic E-state index is 12.8. The van der Waals surface area contributed by atoms with Crippen molar-refractivity contribution in [1.29, 1.82) is 0 Å². The first-order chi connectivity index (χ1) is 12.6. The van der Waals surface area contributed by atoms with E-state index >= 15 is 0 Å². The predicted molar refractivity (Wildman–Crippen MR) is 111 cm³/mol. The fourth-order valence-electron chi connectivity index (χ4n) is 3.18. The summed E-state index contributed by atoms with van der Waals surface area (Å²) in [4.78, 5) is 18.1. The molecule has 138 valence electrons. The molecular formula is C21H25ClN2OS. The van der Waals surface area contributed by atoms with Gasteiger partial charge in [0.05, 0.1) is 5.25 Å². The standard InChI is InChI=1S/C21H25ClN2OS/c1-3-17-7-9-19(10-8-17)23-11-13-24(14-12-23)21(25)16(2)26-20-6-4-5-18(22)15-20/h4-10,15-16H,3,11-14H2,1-2H3. The Labute approximate surface area is 165 Å². The number of nitrogens with zero attached hydrogens (tertiary/aromatic N) is 2. The van der Waals surface area contributed by atoms with Gasteiger partial charge in [0.2, 0.25) is 5.91 Å². The first kappa shape index (κ1) is 19.1. The van der Waals surface area contributed by atoms with E-state index in [1.807, 2.05) is 36.1 Å². The number of benzene rings is 2. The van der Waals surface area contributed by atoms with Gasteiger partial charge in [0.15, 0.2) is 0 Å². The van der Waals surface area contributed by atoms with E-state index in [1.54, 1.807) is 11.8 Å². The number of carbonyl (C=O) groups is 1. The SMILES string of the molecule is CCc1ccc(N2CCN(C(=O)C(C)Sc3cccc(Cl)c3)CC2)cc1. The molecule has 2 aromatic carbocycles. The molecule has 0 bridgehead atoms. The van der Waals surface area contributed by atoms with Gasteiger partial charge in [-0.25, -0.2) is 0 Å². The van der Waals surface area contributed by atoms with E-state index in [0.29, 0.717) is 5.02 Å². The molecule has 0 aromatic heterocycles. The predicted octanol–water partition coefficient (Wildman–Crippen LogP) is 4.73. The van der Waals surface area contributed by atoms with Gasteiger partial charge in [-0.2, -0.15) is 0 Å². The highest BCUT2D eigenvalue weighted by Crippen LogP contribution is 2.27. The molecule has 26 heavy (non-hydrogen) atoms. The third-order valence-corrected chi connectivity index (χ3v) is 6.07. The molecule has 0 saturated carbocycles. The van der Waals surface area contributed by atoms with Crippen LogP contribution in [0, 0.1) is 0 Å². The molecule has 5 heteroatoms. The molecule has 0 radical (unpaired) electrons. The Hall–Kier alpha value is -1.65. The Balaban J connectivity index is 1.54. The van der Waals surface area contributed by atoms with E-state index in [0.717, 1.165) is 37.5 Å². The number of amides is 1. The molecule has 3 nitrogen and oxygen atoms in total. The van der Waals surface area contributed by atoms with Crippen LogP contribution in [0.1, 0.15) is 19.4 Å². The van der Waals surface area contributed by atoms with Gasteiger partial charge in [-0.05, 0) is 49.2 Å². The quantitative estimate of drug-likeness (QED) is 0.691. The van der Waals surface area contributed by atoms with E-state index in [2.05, 4.69) is 36.1 Å². The van der Waals surface area contributed by atoms with Gasteiger partial charge in [-0.1, -0.05) is 36.7 Å². The third-order valence-electron chi connectivity index (χ3n) is 4.76. The molecule has 3 rings (SSSR count). The van der Waals surface area contributed by atoms with Crippen LogP contribution >= 0.6 is 23.4 Å². The average molecular weight is 389 g/mol. The second kappa shape index (κ2) is 8.83. The summed E-state index contributed by atoms with van der Waals surface area (Å²) in [5.74, 6) is 0.205. The van der Waals surface area contributed by atoms with Crippen molar-refractivity contribution in [2.24, 2.45) is 0 Å². The molecule has 1 unspecified atom stereocenters. The highest BCUT2D eigenvalue weighted by atomic mass is 35.5. The second-order valence-corrected chi connectivity index (χ2v) is 8.40. The third kappa shape index (κ3) is 4.74. The van der Waals surface area contributed by atoms with E-state index in [1.165, 1.54) is 11.3 Å². The molecule has 0 aliphatic carbocycles. The molecule has 1 aliphatic heterocycles. The molecule has 1 saturated heterocycles. The molecule has 1 amide bonds. The van der Waals surface area contributed by atoms with Crippen molar-refractivity contribution in [1.82, 2.24) is 4.90 Å². The summed E-state index contributed by atoms with van der Waals surface area (Å²) >= 11 is 7.61. The highest BCUT2D eigenvalue weighted by Gasteiger charge is 2.25. The monoisotopic (exact) mass is 388 g/mol. The lowest BCUT2D eigenvalue weighted by Crippen LogP contribution is -2.50. The minimum atomic E-state index is -0.108. The number of hydrogen-bond donors (Lipinski definition) is 0. The zero-order valence-corrected chi connectivity index (χ0v) is 16.9. The number of thioether (sulfide) groups is 1. The fraction of sp³-hybridized carbons (Fsp3) is 0.381. The van der Waals surface area contributed by atoms with Crippen molar-refractivity contribution >= 4 is 35.0 Å². The molecule has 1 heterocycles. The van der Waals surface area contributed by atoms with E-state index in [4.69, 9.17) is 11.6 Å². The van der Waals surface area contributed by atoms with Crippen LogP contribution in [-0.4, -0.2) is 42.2 Å². The number of rotatable bonds is 5. The van der Waals surface area contributed by atoms with Crippen molar-refractivity contribution in [3.05, 3.63) is 59.1 Å². The summed E-state index contributed by atoms with van der Waals surface area (Å²) in [6.07, 6.45) is 1.06. The zero-order chi connectivity index (χ0) is 18.5. The summed E-state index contributed by atoms with van der Waals surface area (Å²) in [5.41, 5.74) is 2.60. The first-order valence-electron chi connectivity index (χ1n) is 9.11. The summed E-state index contributed by atoms with van der Waals surface area (Å²) in [7, 11) is 0. The van der Waals surface area contributed by atoms with Crippen molar-refractivity contribution in [3.8, 4) is 0 Å². The summed E-state index contributed by atoms with van der Waals surface area (Å²) in [5, 5.41) is 0.598. The molecule has 1 aliphatic rings. The molecule has 1 atom stereocenters. The van der Waals surface area contributed by atoms with Crippen LogP contribution in [0.5, 0.6) is 0 Å². The normalized spacial score (nSPS) is 15.8. The van der Waals surface area contributed by atoms with E-state index in [9.17, 15) is 4.79 Å². The lowest BCUT2D eigenvalue weighted by molar-refractivity contribution is -0.130. The minimum Gasteiger partial charge on any atom is -0.368 e. The molecule has 2 aromatic rings. The maximum Gasteiger partial charge on any atom is 0.235 e. The van der Waals surface area contributed by atoms with Crippen LogP contribution in [0.2, 0.25) is 5.02 Å². The van der Waals surface area contributed by atoms with Crippen LogP contribution in [-0.2, 0) is 11.2 Å². The Kier molecular flexibility index (Phi) is 6.49. The number of halogens is 1. The van der Waals surface area contributed by atoms with Gasteiger partial charge < -0.3 is 9.80 Å². The Morgan fingerprint density at radius 1 is 1.12 bits per heavy atom. The Morgan fingerprint density at radius 2 is 1.81 bits per heavy atom. The summed E-state index contributed by atoms with van der Waals surface area (Å²) in [6, 6.07) is 16.4. The van der Waals surface area contributed by atoms with Crippen molar-refractivity contribution in [2.75, 3.05) is 31.1 Å². The van der Waals surface area contributed by atoms with E-state index in [-0.39, 0.29) is 11.2 Å². The molecule has 0 N–H and O–H groups in total. The number of piperazine rings is 1. The van der Waals surface area contributed by atoms with Crippen LogP contribution in [0.25, 0.3) is 0 Å². The Bertz CT molecular complexity index is 742. The van der Waals surface area contributed by atoms with Gasteiger partial charge in [0, 0.05) is 41.8 Å². The van der Waals surface area contributed by atoms with Crippen LogP contribution in [0.3, 0.4) is 0 Å². The number of hydrogen-bond acceptors (Lipinski definition) is 3. The van der Waals surface area contributed by atoms with Gasteiger partial charge in [-0.15, -0.1) is 11.8 Å². The van der Waals surface area contributed by atoms with Gasteiger partial charge in [-0.3, -0.25) is 4.79 Å². The minimum absolute atomic E-state index is 0.108. The largest absolute Gasteiger partial charge is 0.368 e. The topological polar surface area (TPSA) is 23.6 Å². The highest BCUT2D eigenvalue weighted by molar-refractivity contribution is 8.00.